The number of rotatable bonds is 9. The maximum absolute atomic E-state index is 14.3. The van der Waals surface area contributed by atoms with Crippen molar-refractivity contribution < 1.29 is 47.1 Å². The molecule has 0 aromatic heterocycles. The van der Waals surface area contributed by atoms with Gasteiger partial charge >= 0.3 is 0 Å². The summed E-state index contributed by atoms with van der Waals surface area (Å²) in [6.45, 7) is 15.8. The summed E-state index contributed by atoms with van der Waals surface area (Å²) in [6.07, 6.45) is 9.39. The minimum absolute atomic E-state index is 0.0583. The highest BCUT2D eigenvalue weighted by atomic mass is 32.4. The molecular formula is C42H70O10P8. The van der Waals surface area contributed by atoms with Crippen LogP contribution in [-0.2, 0) is 47.1 Å². The molecule has 0 spiro atoms. The summed E-state index contributed by atoms with van der Waals surface area (Å²) in [7, 11) is 12.8. The smallest absolute Gasteiger partial charge is 0.158 e. The predicted molar refractivity (Wildman–Crippen MR) is 261 cm³/mol. The SMILES string of the molecule is C=C1C[C@@H]2/C=C/C(=O)C[C@H]3O[C@H]4[C@@H](OP(P)P)[C@H]5OC(CC[C@@H]5O[C@H]4[C@H]3OP(P)P)CC(=O)C[C@H]3[C@H](CC4O[C@@H](CCC1O2)C[C@@H](C)C4=C)OC(C[C@H](C)CCPP)[C@@H]3C. The number of hydrogen-bond donors (Lipinski definition) is 0. The quantitative estimate of drug-likeness (QED) is 0.164. The van der Waals surface area contributed by atoms with Crippen molar-refractivity contribution in [3.63, 3.8) is 0 Å². The average molecular weight is 983 g/mol. The molecule has 8 bridgehead atoms. The third kappa shape index (κ3) is 12.4. The maximum Gasteiger partial charge on any atom is 0.158 e. The highest BCUT2D eigenvalue weighted by molar-refractivity contribution is 8.41. The minimum Gasteiger partial charge on any atom is -0.374 e. The Morgan fingerprint density at radius 1 is 0.783 bits per heavy atom. The molecule has 0 aliphatic carbocycles. The molecule has 24 atom stereocenters. The Morgan fingerprint density at radius 3 is 2.25 bits per heavy atom. The van der Waals surface area contributed by atoms with Gasteiger partial charge in [-0.05, 0) is 92.0 Å². The second-order valence-corrected chi connectivity index (χ2v) is 32.2. The predicted octanol–water partition coefficient (Wildman–Crippen LogP) is 9.81. The fourth-order valence-electron chi connectivity index (χ4n) is 10.9. The Kier molecular flexibility index (Phi) is 18.7. The number of hydrogen-bond acceptors (Lipinski definition) is 10. The van der Waals surface area contributed by atoms with Crippen LogP contribution in [0.4, 0.5) is 0 Å². The molecule has 7 aliphatic rings. The molecule has 0 aromatic rings. The van der Waals surface area contributed by atoms with Crippen LogP contribution in [0.5, 0.6) is 0 Å². The summed E-state index contributed by atoms with van der Waals surface area (Å²) in [5, 5.41) is 0. The van der Waals surface area contributed by atoms with Gasteiger partial charge in [0, 0.05) is 32.1 Å². The van der Waals surface area contributed by atoms with E-state index in [-0.39, 0.29) is 78.7 Å². The van der Waals surface area contributed by atoms with Crippen molar-refractivity contribution in [2.75, 3.05) is 6.16 Å². The topological polar surface area (TPSA) is 108 Å². The number of ketones is 2. The number of carbonyl (C=O) groups excluding carboxylic acids is 2. The number of carbonyl (C=O) groups is 2. The van der Waals surface area contributed by atoms with Gasteiger partial charge in [-0.25, -0.2) is 0 Å². The molecule has 338 valence electrons. The Hall–Kier alpha value is 1.68. The molecule has 0 N–H and O–H groups in total. The third-order valence-electron chi connectivity index (χ3n) is 14.1. The van der Waals surface area contributed by atoms with E-state index in [1.165, 1.54) is 12.6 Å². The standard InChI is InChI=1S/C42H70O10P8/c1-21(12-13-58-53)14-34-25(5)31-18-27(44)17-30-9-11-33-38(47-30)42(52-60(56)57)41-40(49-33)39(51-59(54)55)37(50-41)19-26(43)6-7-28-16-23(3)32(45-28)10-8-29-15-22(2)24(4)35(46-29)20-36(31)48-34/h6-7,21-22,25,28-42,58H,3-4,8-20,53-57H2,1-2,5H3/b7-6+/t21-,22-,25-,28+,29+,30?,31-,32?,33+,34?,35?,36+,37-,38+,39+,40+,41-,42+/m1/s1. The van der Waals surface area contributed by atoms with Crippen molar-refractivity contribution >= 4 is 79.5 Å². The number of allylic oxidation sites excluding steroid dienone is 1. The summed E-state index contributed by atoms with van der Waals surface area (Å²) in [6, 6.07) is 0. The summed E-state index contributed by atoms with van der Waals surface area (Å²) in [5.41, 5.74) is 2.17. The summed E-state index contributed by atoms with van der Waals surface area (Å²) >= 11 is 0. The molecule has 7 aliphatic heterocycles. The van der Waals surface area contributed by atoms with Gasteiger partial charge in [-0.15, -0.1) is 17.2 Å². The average Bonchev–Trinajstić information content (AvgIpc) is 3.81. The summed E-state index contributed by atoms with van der Waals surface area (Å²) < 4.78 is 54.0. The van der Waals surface area contributed by atoms with Crippen LogP contribution in [0.3, 0.4) is 0 Å². The molecule has 7 rings (SSSR count). The second-order valence-electron chi connectivity index (χ2n) is 18.5. The van der Waals surface area contributed by atoms with Gasteiger partial charge in [0.15, 0.2) is 5.78 Å². The molecular weight excluding hydrogens is 912 g/mol. The fraction of sp³-hybridized carbons (Fsp3) is 0.810. The third-order valence-corrected chi connectivity index (χ3v) is 18.0. The number of ether oxygens (including phenoxy) is 6. The van der Waals surface area contributed by atoms with Crippen LogP contribution in [0.25, 0.3) is 0 Å². The van der Waals surface area contributed by atoms with E-state index in [1.807, 2.05) is 6.08 Å². The van der Waals surface area contributed by atoms with Crippen LogP contribution in [0, 0.1) is 23.7 Å². The van der Waals surface area contributed by atoms with Crippen molar-refractivity contribution in [3.05, 3.63) is 36.5 Å². The Labute approximate surface area is 374 Å². The Bertz CT molecular complexity index is 1560. The van der Waals surface area contributed by atoms with Crippen LogP contribution in [0.1, 0.15) is 97.8 Å². The molecule has 18 heteroatoms. The Morgan fingerprint density at radius 2 is 1.50 bits per heavy atom. The van der Waals surface area contributed by atoms with Crippen LogP contribution in [0.2, 0.25) is 0 Å². The molecule has 6 fully saturated rings. The van der Waals surface area contributed by atoms with E-state index in [0.29, 0.717) is 43.9 Å². The molecule has 7 heterocycles. The number of fused-ring (bicyclic) bond motifs is 7. The first-order chi connectivity index (χ1) is 28.7. The normalized spacial score (nSPS) is 44.2. The molecule has 10 nitrogen and oxygen atoms in total. The van der Waals surface area contributed by atoms with E-state index in [2.05, 4.69) is 78.6 Å². The zero-order valence-corrected chi connectivity index (χ0v) is 44.1. The second kappa shape index (κ2) is 22.7. The first kappa shape index (κ1) is 49.6. The van der Waals surface area contributed by atoms with Crippen LogP contribution >= 0.6 is 68.0 Å². The van der Waals surface area contributed by atoms with Crippen molar-refractivity contribution in [1.82, 2.24) is 0 Å². The lowest BCUT2D eigenvalue weighted by Crippen LogP contribution is -2.61. The van der Waals surface area contributed by atoms with Gasteiger partial charge in [-0.2, -0.15) is 0 Å². The largest absolute Gasteiger partial charge is 0.374 e. The van der Waals surface area contributed by atoms with Gasteiger partial charge in [-0.3, -0.25) is 9.59 Å². The molecule has 0 radical (unpaired) electrons. The van der Waals surface area contributed by atoms with E-state index in [0.717, 1.165) is 51.5 Å². The molecule has 10 unspecified atom stereocenters. The zero-order chi connectivity index (χ0) is 42.8. The first-order valence-corrected chi connectivity index (χ1v) is 34.1. The van der Waals surface area contributed by atoms with Gasteiger partial charge in [0.1, 0.15) is 36.3 Å². The van der Waals surface area contributed by atoms with E-state index in [1.54, 1.807) is 6.08 Å². The van der Waals surface area contributed by atoms with E-state index in [4.69, 9.17) is 37.5 Å². The first-order valence-electron chi connectivity index (χ1n) is 22.0. The molecule has 0 aromatic carbocycles. The van der Waals surface area contributed by atoms with Crippen molar-refractivity contribution in [3.8, 4) is 0 Å². The highest BCUT2D eigenvalue weighted by Crippen LogP contribution is 2.60. The van der Waals surface area contributed by atoms with Crippen LogP contribution in [-0.4, -0.2) is 103 Å². The lowest BCUT2D eigenvalue weighted by atomic mass is 9.78. The molecule has 60 heavy (non-hydrogen) atoms. The summed E-state index contributed by atoms with van der Waals surface area (Å²) in [5.74, 6) is 1.31. The monoisotopic (exact) mass is 982 g/mol. The minimum atomic E-state index is -0.962. The number of Topliss-reactive ketones (excluding diaryl/α,β-unsaturated/α-hetero) is 1. The molecule has 0 saturated carbocycles. The van der Waals surface area contributed by atoms with Crippen LogP contribution in [0.15, 0.2) is 36.5 Å². The van der Waals surface area contributed by atoms with Gasteiger partial charge in [0.25, 0.3) is 0 Å². The van der Waals surface area contributed by atoms with Crippen molar-refractivity contribution in [2.45, 2.75) is 183 Å². The highest BCUT2D eigenvalue weighted by Gasteiger charge is 2.59. The maximum atomic E-state index is 14.3. The zero-order valence-electron chi connectivity index (χ0n) is 35.5. The van der Waals surface area contributed by atoms with Crippen molar-refractivity contribution in [2.24, 2.45) is 23.7 Å². The van der Waals surface area contributed by atoms with E-state index in [9.17, 15) is 9.59 Å². The van der Waals surface area contributed by atoms with Gasteiger partial charge < -0.3 is 37.5 Å². The van der Waals surface area contributed by atoms with Gasteiger partial charge in [0.2, 0.25) is 0 Å². The lowest BCUT2D eigenvalue weighted by Gasteiger charge is -2.48. The van der Waals surface area contributed by atoms with Gasteiger partial charge in [0.05, 0.1) is 70.0 Å². The van der Waals surface area contributed by atoms with E-state index >= 15 is 0 Å². The molecule has 6 saturated heterocycles. The van der Waals surface area contributed by atoms with Gasteiger partial charge in [-0.1, -0.05) is 75.7 Å². The van der Waals surface area contributed by atoms with E-state index < -0.39 is 51.7 Å². The molecule has 0 amide bonds. The van der Waals surface area contributed by atoms with Crippen LogP contribution < -0.4 is 0 Å². The summed E-state index contributed by atoms with van der Waals surface area (Å²) in [4.78, 5) is 27.9. The van der Waals surface area contributed by atoms with Crippen molar-refractivity contribution in [1.29, 1.82) is 0 Å². The Balaban J connectivity index is 1.15. The lowest BCUT2D eigenvalue weighted by molar-refractivity contribution is -0.251. The fourth-order valence-corrected chi connectivity index (χ4v) is 14.8.